The molecule has 3 aliphatic heterocycles. The topological polar surface area (TPSA) is 363 Å². The van der Waals surface area contributed by atoms with Gasteiger partial charge in [-0.15, -0.1) is 0 Å². The van der Waals surface area contributed by atoms with Crippen molar-refractivity contribution in [2.24, 2.45) is 0 Å². The first-order valence-electron chi connectivity index (χ1n) is 41.3. The van der Waals surface area contributed by atoms with Crippen molar-refractivity contribution in [1.82, 2.24) is 58.3 Å². The molecule has 0 radical (unpaired) electrons. The van der Waals surface area contributed by atoms with Gasteiger partial charge in [-0.05, 0) is 110 Å². The number of aromatic nitrogens is 9. The van der Waals surface area contributed by atoms with Crippen LogP contribution >= 0.6 is 116 Å². The minimum atomic E-state index is -1.86. The molecule has 3 aromatic carbocycles. The molecule has 3 amide bonds. The first kappa shape index (κ1) is 100. The number of benzene rings is 3. The van der Waals surface area contributed by atoms with Gasteiger partial charge in [0.1, 0.15) is 51.8 Å². The number of nitriles is 3. The summed E-state index contributed by atoms with van der Waals surface area (Å²) in [5.74, 6) is -8.38. The van der Waals surface area contributed by atoms with Gasteiger partial charge in [0.15, 0.2) is 29.1 Å². The van der Waals surface area contributed by atoms with Gasteiger partial charge >= 0.3 is 0 Å². The van der Waals surface area contributed by atoms with E-state index in [2.05, 4.69) is 51.8 Å². The molecule has 27 nitrogen and oxygen atoms in total. The standard InChI is InChI=1S/2C31H26Cl4FN7O2.C31H26Cl2F3N7O2/c2*1-5-19(44)41-8-10-42(11-9-41)29-16-12-18(32)27(20-21(33)24(36)22(34)23(35)25(20)38)40-30(16)43(31(45)17(29)13-37)28-15(4)6-7-39-26(28)14(2)3;1-5-19(44)41-8-10-42(11-9-41)29-16-12-18(32)27(20-21(33)22(34)23(35)24(36)25(20)38)40-30(16)43(31(45)17(29)13-37)28-15(4)6-7-39-26(28)14(2)3/h3*5-7,12,14H,1,8-11,38H2,2-4H3. The Labute approximate surface area is 818 Å². The fourth-order valence-electron chi connectivity index (χ4n) is 16.6. The first-order chi connectivity index (χ1) is 64.0. The molecule has 42 heteroatoms. The summed E-state index contributed by atoms with van der Waals surface area (Å²) in [6.45, 7) is 31.1. The quantitative estimate of drug-likeness (QED) is 0.0282. The Bertz CT molecular complexity index is 6650. The smallest absolute Gasteiger partial charge is 0.276 e. The predicted octanol–water partition coefficient (Wildman–Crippen LogP) is 19.7. The van der Waals surface area contributed by atoms with E-state index >= 15 is 8.78 Å². The SMILES string of the molecule is C=CC(=O)N1CCN(c2c(C#N)c(=O)n(-c3c(C)ccnc3C(C)C)c3nc(-c4c(N)c(Cl)c(Cl)c(F)c4Cl)c(Cl)cc23)CC1.C=CC(=O)N1CCN(c2c(C#N)c(=O)n(-c3c(C)ccnc3C(C)C)c3nc(-c4c(N)c(Cl)c(Cl)c(F)c4Cl)c(Cl)cc23)CC1.C=CC(=O)N1CCN(c2c(C#N)c(=O)n(-c3c(C)ccnc3C(C)C)c3nc(-c4c(N)c(F)c(F)c(F)c4Cl)c(Cl)cc23)CC1. The van der Waals surface area contributed by atoms with E-state index in [4.69, 9.17) is 143 Å². The third-order valence-electron chi connectivity index (χ3n) is 23.2. The van der Waals surface area contributed by atoms with E-state index in [0.29, 0.717) is 125 Å². The highest BCUT2D eigenvalue weighted by atomic mass is 35.5. The molecule has 0 atom stereocenters. The number of nitrogens with two attached hydrogens (primary N) is 3. The maximum Gasteiger partial charge on any atom is 0.276 e. The van der Waals surface area contributed by atoms with Gasteiger partial charge in [-0.2, -0.15) is 15.8 Å². The zero-order chi connectivity index (χ0) is 98.7. The third kappa shape index (κ3) is 17.9. The molecular weight excluding hydrogens is 1960 g/mol. The van der Waals surface area contributed by atoms with Crippen LogP contribution in [0.3, 0.4) is 0 Å². The van der Waals surface area contributed by atoms with E-state index in [1.54, 1.807) is 63.3 Å². The maximum absolute atomic E-state index is 15.1. The van der Waals surface area contributed by atoms with E-state index in [0.717, 1.165) is 0 Å². The third-order valence-corrected chi connectivity index (χ3v) is 26.8. The number of anilines is 6. The second kappa shape index (κ2) is 40.3. The normalized spacial score (nSPS) is 13.4. The van der Waals surface area contributed by atoms with E-state index in [1.165, 1.54) is 50.1 Å². The van der Waals surface area contributed by atoms with Crippen LogP contribution in [-0.2, 0) is 14.4 Å². The Balaban J connectivity index is 0.000000171. The van der Waals surface area contributed by atoms with Crippen LogP contribution in [0.2, 0.25) is 50.2 Å². The number of fused-ring (bicyclic) bond motifs is 3. The summed E-state index contributed by atoms with van der Waals surface area (Å²) in [5.41, 5.74) is 19.5. The molecule has 0 saturated carbocycles. The number of hydrogen-bond acceptors (Lipinski definition) is 21. The van der Waals surface area contributed by atoms with E-state index < -0.39 is 82.1 Å². The van der Waals surface area contributed by atoms with E-state index in [1.807, 2.05) is 71.3 Å². The van der Waals surface area contributed by atoms with Crippen LogP contribution in [0.15, 0.2) is 107 Å². The molecule has 12 heterocycles. The summed E-state index contributed by atoms with van der Waals surface area (Å²) < 4.78 is 77.5. The molecule has 0 unspecified atom stereocenters. The number of aryl methyl sites for hydroxylation is 3. The summed E-state index contributed by atoms with van der Waals surface area (Å²) >= 11 is 63.8. The Morgan fingerprint density at radius 3 is 0.874 bits per heavy atom. The Kier molecular flexibility index (Phi) is 29.9. The van der Waals surface area contributed by atoms with Crippen LogP contribution in [0.4, 0.5) is 56.1 Å². The molecular formula is C93H78Cl10F5N21O6. The van der Waals surface area contributed by atoms with Crippen LogP contribution in [0.25, 0.3) is 83.9 Å². The van der Waals surface area contributed by atoms with Crippen LogP contribution in [0.5, 0.6) is 0 Å². The lowest BCUT2D eigenvalue weighted by molar-refractivity contribution is -0.127. The van der Waals surface area contributed by atoms with Crippen molar-refractivity contribution in [2.45, 2.75) is 80.1 Å². The van der Waals surface area contributed by atoms with Crippen LogP contribution < -0.4 is 48.6 Å². The molecule has 0 aliphatic carbocycles. The van der Waals surface area contributed by atoms with Crippen molar-refractivity contribution in [3.63, 3.8) is 0 Å². The molecule has 9 aromatic heterocycles. The molecule has 135 heavy (non-hydrogen) atoms. The molecule has 3 saturated heterocycles. The highest BCUT2D eigenvalue weighted by Gasteiger charge is 2.38. The number of carbonyl (C=O) groups excluding carboxylic acids is 3. The van der Waals surface area contributed by atoms with Gasteiger partial charge in [-0.25, -0.2) is 36.9 Å². The molecule has 6 N–H and O–H groups in total. The van der Waals surface area contributed by atoms with Gasteiger partial charge in [-0.3, -0.25) is 57.4 Å². The number of piperazine rings is 3. The zero-order valence-corrected chi connectivity index (χ0v) is 80.7. The van der Waals surface area contributed by atoms with Gasteiger partial charge in [0.05, 0.1) is 136 Å². The fourth-order valence-corrected chi connectivity index (χ4v) is 19.0. The molecule has 696 valence electrons. The van der Waals surface area contributed by atoms with E-state index in [-0.39, 0.29) is 171 Å². The van der Waals surface area contributed by atoms with Crippen molar-refractivity contribution >= 4 is 201 Å². The Morgan fingerprint density at radius 2 is 0.630 bits per heavy atom. The zero-order valence-electron chi connectivity index (χ0n) is 73.2. The highest BCUT2D eigenvalue weighted by Crippen LogP contribution is 2.51. The van der Waals surface area contributed by atoms with Crippen molar-refractivity contribution in [1.29, 1.82) is 15.8 Å². The summed E-state index contributed by atoms with van der Waals surface area (Å²) in [7, 11) is 0. The first-order valence-corrected chi connectivity index (χ1v) is 45.1. The average molecular weight is 2040 g/mol. The molecule has 15 rings (SSSR count). The number of amides is 3. The summed E-state index contributed by atoms with van der Waals surface area (Å²) in [6.07, 6.45) is 8.55. The molecule has 3 aliphatic rings. The van der Waals surface area contributed by atoms with Gasteiger partial charge in [-0.1, -0.05) is 177 Å². The minimum Gasteiger partial charge on any atom is -0.397 e. The number of rotatable bonds is 15. The minimum absolute atomic E-state index is 0.00306. The second-order valence-corrected chi connectivity index (χ2v) is 36.1. The lowest BCUT2D eigenvalue weighted by Gasteiger charge is -2.36. The van der Waals surface area contributed by atoms with Crippen molar-refractivity contribution in [3.8, 4) is 69.0 Å². The van der Waals surface area contributed by atoms with Gasteiger partial charge in [0.25, 0.3) is 16.7 Å². The van der Waals surface area contributed by atoms with Crippen molar-refractivity contribution in [2.75, 3.05) is 110 Å². The lowest BCUT2D eigenvalue weighted by atomic mass is 10.0. The molecule has 12 aromatic rings. The number of nitrogens with zero attached hydrogens (tertiary/aromatic N) is 18. The Hall–Kier alpha value is -12.4. The largest absolute Gasteiger partial charge is 0.397 e. The van der Waals surface area contributed by atoms with Crippen LogP contribution in [-0.4, -0.2) is 155 Å². The summed E-state index contributed by atoms with van der Waals surface area (Å²) in [4.78, 5) is 118. The Morgan fingerprint density at radius 1 is 0.378 bits per heavy atom. The maximum atomic E-state index is 15.1. The molecule has 0 bridgehead atoms. The lowest BCUT2D eigenvalue weighted by Crippen LogP contribution is -2.49. The van der Waals surface area contributed by atoms with Gasteiger partial charge < -0.3 is 46.6 Å². The van der Waals surface area contributed by atoms with E-state index in [9.17, 15) is 57.7 Å². The van der Waals surface area contributed by atoms with Crippen LogP contribution in [0, 0.1) is 83.9 Å². The number of carbonyl (C=O) groups is 3. The second-order valence-electron chi connectivity index (χ2n) is 32.2. The number of pyridine rings is 9. The van der Waals surface area contributed by atoms with Gasteiger partial charge in [0, 0.05) is 130 Å². The molecule has 3 fully saturated rings. The number of hydrogen-bond donors (Lipinski definition) is 3. The van der Waals surface area contributed by atoms with Crippen molar-refractivity contribution < 1.29 is 36.3 Å². The summed E-state index contributed by atoms with van der Waals surface area (Å²) in [6, 6.07) is 15.9. The number of nitrogen functional groups attached to an aromatic ring is 3. The average Bonchev–Trinajstić information content (AvgIpc) is 0.728. The number of halogens is 15. The van der Waals surface area contributed by atoms with Crippen LogP contribution in [0.1, 0.15) is 110 Å². The van der Waals surface area contributed by atoms with Gasteiger partial charge in [0.2, 0.25) is 17.7 Å². The summed E-state index contributed by atoms with van der Waals surface area (Å²) in [5, 5.41) is 28.7. The highest BCUT2D eigenvalue weighted by molar-refractivity contribution is 6.48. The van der Waals surface area contributed by atoms with Crippen molar-refractivity contribution in [3.05, 3.63) is 254 Å². The predicted molar refractivity (Wildman–Crippen MR) is 522 cm³/mol. The molecule has 0 spiro atoms. The fraction of sp³-hybridized carbons (Fsp3) is 0.258. The monoisotopic (exact) mass is 2030 g/mol.